The lowest BCUT2D eigenvalue weighted by Gasteiger charge is -2.30. The average molecular weight is 387 g/mol. The van der Waals surface area contributed by atoms with Gasteiger partial charge in [-0.25, -0.2) is 0 Å². The molecular formula is C22H27ClN2O2. The third-order valence-corrected chi connectivity index (χ3v) is 4.61. The molecule has 0 saturated heterocycles. The molecule has 0 fully saturated rings. The molecule has 0 spiro atoms. The van der Waals surface area contributed by atoms with E-state index in [9.17, 15) is 9.59 Å². The van der Waals surface area contributed by atoms with E-state index in [0.29, 0.717) is 24.5 Å². The number of nitrogens with zero attached hydrogens (tertiary/aromatic N) is 1. The molecule has 4 nitrogen and oxygen atoms in total. The first-order chi connectivity index (χ1) is 13.0. The first-order valence-corrected chi connectivity index (χ1v) is 9.78. The second-order valence-electron chi connectivity index (χ2n) is 6.53. The summed E-state index contributed by atoms with van der Waals surface area (Å²) < 4.78 is 0. The van der Waals surface area contributed by atoms with Crippen LogP contribution in [0.5, 0.6) is 0 Å². The van der Waals surface area contributed by atoms with Crippen molar-refractivity contribution in [2.45, 2.75) is 45.7 Å². The van der Waals surface area contributed by atoms with Gasteiger partial charge >= 0.3 is 0 Å². The van der Waals surface area contributed by atoms with Crippen molar-refractivity contribution in [3.05, 3.63) is 70.7 Å². The quantitative estimate of drug-likeness (QED) is 0.701. The predicted octanol–water partition coefficient (Wildman–Crippen LogP) is 4.22. The van der Waals surface area contributed by atoms with E-state index >= 15 is 0 Å². The van der Waals surface area contributed by atoms with Gasteiger partial charge in [0.2, 0.25) is 11.8 Å². The zero-order valence-corrected chi connectivity index (χ0v) is 16.7. The van der Waals surface area contributed by atoms with Gasteiger partial charge in [-0.1, -0.05) is 67.9 Å². The van der Waals surface area contributed by atoms with E-state index < -0.39 is 6.04 Å². The van der Waals surface area contributed by atoms with Crippen LogP contribution in [0.3, 0.4) is 0 Å². The topological polar surface area (TPSA) is 49.4 Å². The van der Waals surface area contributed by atoms with Crippen LogP contribution in [-0.4, -0.2) is 29.3 Å². The number of rotatable bonds is 9. The van der Waals surface area contributed by atoms with Crippen LogP contribution in [0.15, 0.2) is 54.6 Å². The third kappa shape index (κ3) is 6.40. The number of carbonyl (C=O) groups is 2. The van der Waals surface area contributed by atoms with Crippen LogP contribution < -0.4 is 5.32 Å². The minimum Gasteiger partial charge on any atom is -0.354 e. The van der Waals surface area contributed by atoms with Gasteiger partial charge in [-0.2, -0.15) is 0 Å². The molecule has 0 aliphatic rings. The molecule has 2 amide bonds. The van der Waals surface area contributed by atoms with Crippen molar-refractivity contribution >= 4 is 23.4 Å². The second-order valence-corrected chi connectivity index (χ2v) is 6.97. The van der Waals surface area contributed by atoms with Crippen LogP contribution in [0.2, 0.25) is 5.02 Å². The molecule has 144 valence electrons. The molecule has 5 heteroatoms. The Hall–Kier alpha value is -2.33. The highest BCUT2D eigenvalue weighted by Gasteiger charge is 2.28. The number of halogens is 1. The molecule has 0 aliphatic heterocycles. The third-order valence-electron chi connectivity index (χ3n) is 4.38. The molecule has 0 heterocycles. The van der Waals surface area contributed by atoms with E-state index in [2.05, 4.69) is 5.32 Å². The van der Waals surface area contributed by atoms with Crippen LogP contribution in [-0.2, 0) is 22.6 Å². The van der Waals surface area contributed by atoms with Crippen molar-refractivity contribution in [1.29, 1.82) is 0 Å². The molecule has 0 bridgehead atoms. The Labute approximate surface area is 166 Å². The van der Waals surface area contributed by atoms with Crippen molar-refractivity contribution in [3.8, 4) is 0 Å². The van der Waals surface area contributed by atoms with Gasteiger partial charge in [0.15, 0.2) is 0 Å². The van der Waals surface area contributed by atoms with Gasteiger partial charge in [-0.05, 0) is 36.1 Å². The van der Waals surface area contributed by atoms with E-state index in [4.69, 9.17) is 11.6 Å². The van der Waals surface area contributed by atoms with Crippen LogP contribution in [0.25, 0.3) is 0 Å². The second kappa shape index (κ2) is 10.7. The molecule has 1 unspecified atom stereocenters. The predicted molar refractivity (Wildman–Crippen MR) is 110 cm³/mol. The van der Waals surface area contributed by atoms with Crippen molar-refractivity contribution in [1.82, 2.24) is 10.2 Å². The number of hydrogen-bond donors (Lipinski definition) is 1. The summed E-state index contributed by atoms with van der Waals surface area (Å²) in [6.45, 7) is 4.95. The number of carbonyl (C=O) groups excluding carboxylic acids is 2. The van der Waals surface area contributed by atoms with E-state index in [1.807, 2.05) is 56.3 Å². The fourth-order valence-electron chi connectivity index (χ4n) is 2.99. The smallest absolute Gasteiger partial charge is 0.242 e. The van der Waals surface area contributed by atoms with E-state index in [-0.39, 0.29) is 18.2 Å². The molecule has 0 saturated carbocycles. The Morgan fingerprint density at radius 2 is 1.74 bits per heavy atom. The van der Waals surface area contributed by atoms with Crippen molar-refractivity contribution in [2.75, 3.05) is 6.54 Å². The SMILES string of the molecule is CCCNC(=O)C(CC)N(Cc1ccccc1)C(=O)Cc1cccc(Cl)c1. The summed E-state index contributed by atoms with van der Waals surface area (Å²) in [5, 5.41) is 3.52. The van der Waals surface area contributed by atoms with E-state index in [1.54, 1.807) is 17.0 Å². The lowest BCUT2D eigenvalue weighted by atomic mass is 10.1. The average Bonchev–Trinajstić information content (AvgIpc) is 2.67. The fourth-order valence-corrected chi connectivity index (χ4v) is 3.20. The molecule has 1 atom stereocenters. The van der Waals surface area contributed by atoms with Crippen LogP contribution >= 0.6 is 11.6 Å². The summed E-state index contributed by atoms with van der Waals surface area (Å²) in [6.07, 6.45) is 1.63. The summed E-state index contributed by atoms with van der Waals surface area (Å²) in [5.41, 5.74) is 1.84. The number of benzene rings is 2. The Morgan fingerprint density at radius 1 is 1.04 bits per heavy atom. The Morgan fingerprint density at radius 3 is 2.37 bits per heavy atom. The Kier molecular flexibility index (Phi) is 8.34. The largest absolute Gasteiger partial charge is 0.354 e. The van der Waals surface area contributed by atoms with Crippen LogP contribution in [0, 0.1) is 0 Å². The molecule has 27 heavy (non-hydrogen) atoms. The molecule has 0 radical (unpaired) electrons. The van der Waals surface area contributed by atoms with E-state index in [0.717, 1.165) is 17.5 Å². The lowest BCUT2D eigenvalue weighted by molar-refractivity contribution is -0.140. The number of nitrogens with one attached hydrogen (secondary N) is 1. The molecule has 2 rings (SSSR count). The summed E-state index contributed by atoms with van der Waals surface area (Å²) in [4.78, 5) is 27.4. The standard InChI is InChI=1S/C22H27ClN2O2/c1-3-13-24-22(27)20(4-2)25(16-17-9-6-5-7-10-17)21(26)15-18-11-8-12-19(23)14-18/h5-12,14,20H,3-4,13,15-16H2,1-2H3,(H,24,27). The highest BCUT2D eigenvalue weighted by molar-refractivity contribution is 6.30. The van der Waals surface area contributed by atoms with Gasteiger partial charge in [-0.3, -0.25) is 9.59 Å². The molecule has 0 aliphatic carbocycles. The summed E-state index contributed by atoms with van der Waals surface area (Å²) in [6, 6.07) is 16.5. The van der Waals surface area contributed by atoms with Crippen molar-refractivity contribution < 1.29 is 9.59 Å². The van der Waals surface area contributed by atoms with Gasteiger partial charge in [0.05, 0.1) is 6.42 Å². The minimum atomic E-state index is -0.497. The van der Waals surface area contributed by atoms with Crippen LogP contribution in [0.4, 0.5) is 0 Å². The lowest BCUT2D eigenvalue weighted by Crippen LogP contribution is -2.49. The number of hydrogen-bond acceptors (Lipinski definition) is 2. The van der Waals surface area contributed by atoms with Gasteiger partial charge in [-0.15, -0.1) is 0 Å². The fraction of sp³-hybridized carbons (Fsp3) is 0.364. The molecule has 0 aromatic heterocycles. The van der Waals surface area contributed by atoms with Gasteiger partial charge in [0.25, 0.3) is 0 Å². The summed E-state index contributed by atoms with van der Waals surface area (Å²) in [7, 11) is 0. The molecule has 2 aromatic rings. The maximum atomic E-state index is 13.1. The Balaban J connectivity index is 2.24. The first-order valence-electron chi connectivity index (χ1n) is 9.40. The molecule has 1 N–H and O–H groups in total. The molecular weight excluding hydrogens is 360 g/mol. The minimum absolute atomic E-state index is 0.0837. The van der Waals surface area contributed by atoms with Gasteiger partial charge < -0.3 is 10.2 Å². The van der Waals surface area contributed by atoms with Gasteiger partial charge in [0, 0.05) is 18.1 Å². The maximum absolute atomic E-state index is 13.1. The summed E-state index contributed by atoms with van der Waals surface area (Å²) in [5.74, 6) is -0.186. The van der Waals surface area contributed by atoms with Crippen molar-refractivity contribution in [2.24, 2.45) is 0 Å². The van der Waals surface area contributed by atoms with E-state index in [1.165, 1.54) is 0 Å². The highest BCUT2D eigenvalue weighted by Crippen LogP contribution is 2.16. The zero-order chi connectivity index (χ0) is 19.6. The monoisotopic (exact) mass is 386 g/mol. The van der Waals surface area contributed by atoms with Gasteiger partial charge in [0.1, 0.15) is 6.04 Å². The Bertz CT molecular complexity index is 749. The first kappa shape index (κ1) is 21.0. The number of amides is 2. The highest BCUT2D eigenvalue weighted by atomic mass is 35.5. The molecule has 2 aromatic carbocycles. The zero-order valence-electron chi connectivity index (χ0n) is 16.0. The van der Waals surface area contributed by atoms with Crippen LogP contribution in [0.1, 0.15) is 37.8 Å². The maximum Gasteiger partial charge on any atom is 0.242 e. The van der Waals surface area contributed by atoms with Crippen molar-refractivity contribution in [3.63, 3.8) is 0 Å². The normalized spacial score (nSPS) is 11.7. The summed E-state index contributed by atoms with van der Waals surface area (Å²) >= 11 is 6.05.